The van der Waals surface area contributed by atoms with Crippen molar-refractivity contribution in [1.29, 1.82) is 0 Å². The normalized spacial score (nSPS) is 32.7. The number of halogens is 4. The average Bonchev–Trinajstić information content (AvgIpc) is 3.30. The van der Waals surface area contributed by atoms with Crippen LogP contribution >= 0.6 is 0 Å². The summed E-state index contributed by atoms with van der Waals surface area (Å²) in [7, 11) is 0. The number of hydrogen-bond donors (Lipinski definition) is 1. The summed E-state index contributed by atoms with van der Waals surface area (Å²) < 4.78 is 52.4. The summed E-state index contributed by atoms with van der Waals surface area (Å²) >= 11 is 0. The Labute approximate surface area is 161 Å². The molecule has 0 bridgehead atoms. The van der Waals surface area contributed by atoms with Crippen LogP contribution in [0.4, 0.5) is 28.0 Å². The Bertz CT molecular complexity index is 743. The van der Waals surface area contributed by atoms with Gasteiger partial charge < -0.3 is 15.1 Å². The summed E-state index contributed by atoms with van der Waals surface area (Å²) in [5.41, 5.74) is -0.383. The summed E-state index contributed by atoms with van der Waals surface area (Å²) in [5, 5.41) is 3.05. The van der Waals surface area contributed by atoms with E-state index in [-0.39, 0.29) is 30.6 Å². The van der Waals surface area contributed by atoms with E-state index in [2.05, 4.69) is 10.3 Å². The maximum atomic E-state index is 13.6. The minimum Gasteiger partial charge on any atom is -0.371 e. The van der Waals surface area contributed by atoms with Crippen LogP contribution in [0.3, 0.4) is 0 Å². The van der Waals surface area contributed by atoms with E-state index in [9.17, 15) is 22.4 Å². The smallest absolute Gasteiger partial charge is 0.371 e. The second kappa shape index (κ2) is 7.08. The number of likely N-dealkylation sites (tertiary alicyclic amines) is 1. The number of amides is 2. The van der Waals surface area contributed by atoms with Gasteiger partial charge in [0.1, 0.15) is 11.9 Å². The standard InChI is InChI=1S/C19H24F4N4O/c1-11-6-13(20)9-27(11)18(28)25-16-3-2-12-8-26(10-15(12)16)14-4-5-24-17(7-14)19(21,22)23/h4-5,7,11-13,15-16H,2-3,6,8-10H2,1H3,(H,25,28)/t11?,12-,13-,15+,16+/m1/s1. The van der Waals surface area contributed by atoms with Gasteiger partial charge in [-0.1, -0.05) is 0 Å². The minimum absolute atomic E-state index is 0.0303. The predicted molar refractivity (Wildman–Crippen MR) is 95.7 cm³/mol. The first-order valence-corrected chi connectivity index (χ1v) is 9.71. The van der Waals surface area contributed by atoms with Gasteiger partial charge in [0.2, 0.25) is 0 Å². The quantitative estimate of drug-likeness (QED) is 0.774. The third-order valence-electron chi connectivity index (χ3n) is 6.35. The highest BCUT2D eigenvalue weighted by atomic mass is 19.4. The largest absolute Gasteiger partial charge is 0.433 e. The third-order valence-corrected chi connectivity index (χ3v) is 6.35. The van der Waals surface area contributed by atoms with Crippen LogP contribution in [0.5, 0.6) is 0 Å². The first-order chi connectivity index (χ1) is 13.2. The molecule has 5 atom stereocenters. The van der Waals surface area contributed by atoms with Gasteiger partial charge in [-0.3, -0.25) is 4.98 Å². The van der Waals surface area contributed by atoms with Crippen molar-refractivity contribution in [1.82, 2.24) is 15.2 Å². The second-order valence-electron chi connectivity index (χ2n) is 8.19. The van der Waals surface area contributed by atoms with Gasteiger partial charge in [0.15, 0.2) is 0 Å². The fraction of sp³-hybridized carbons (Fsp3) is 0.684. The highest BCUT2D eigenvalue weighted by Crippen LogP contribution is 2.41. The Morgan fingerprint density at radius 2 is 2.04 bits per heavy atom. The molecule has 1 aromatic heterocycles. The van der Waals surface area contributed by atoms with Crippen LogP contribution in [0.25, 0.3) is 0 Å². The van der Waals surface area contributed by atoms with E-state index in [0.717, 1.165) is 18.9 Å². The van der Waals surface area contributed by atoms with Crippen LogP contribution in [-0.2, 0) is 6.18 Å². The molecule has 154 valence electrons. The molecule has 1 N–H and O–H groups in total. The highest BCUT2D eigenvalue weighted by Gasteiger charge is 2.44. The fourth-order valence-corrected chi connectivity index (χ4v) is 4.92. The molecule has 1 aromatic rings. The van der Waals surface area contributed by atoms with Crippen molar-refractivity contribution in [3.05, 3.63) is 24.0 Å². The number of nitrogens with one attached hydrogen (secondary N) is 1. The van der Waals surface area contributed by atoms with Crippen molar-refractivity contribution in [2.75, 3.05) is 24.5 Å². The molecule has 3 heterocycles. The number of aromatic nitrogens is 1. The van der Waals surface area contributed by atoms with Gasteiger partial charge in [-0.25, -0.2) is 9.18 Å². The van der Waals surface area contributed by atoms with Gasteiger partial charge in [0.25, 0.3) is 0 Å². The maximum absolute atomic E-state index is 13.6. The van der Waals surface area contributed by atoms with Crippen molar-refractivity contribution in [3.8, 4) is 0 Å². The van der Waals surface area contributed by atoms with Gasteiger partial charge in [-0.2, -0.15) is 13.2 Å². The third kappa shape index (κ3) is 3.63. The zero-order chi connectivity index (χ0) is 20.1. The zero-order valence-electron chi connectivity index (χ0n) is 15.6. The Morgan fingerprint density at radius 3 is 2.71 bits per heavy atom. The lowest BCUT2D eigenvalue weighted by molar-refractivity contribution is -0.141. The van der Waals surface area contributed by atoms with E-state index < -0.39 is 18.0 Å². The number of urea groups is 1. The molecule has 3 aliphatic rings. The van der Waals surface area contributed by atoms with Crippen molar-refractivity contribution in [2.24, 2.45) is 11.8 Å². The monoisotopic (exact) mass is 400 g/mol. The average molecular weight is 400 g/mol. The fourth-order valence-electron chi connectivity index (χ4n) is 4.92. The topological polar surface area (TPSA) is 48.5 Å². The van der Waals surface area contributed by atoms with E-state index in [1.807, 2.05) is 11.8 Å². The van der Waals surface area contributed by atoms with E-state index in [0.29, 0.717) is 31.1 Å². The maximum Gasteiger partial charge on any atom is 0.433 e. The first-order valence-electron chi connectivity index (χ1n) is 9.71. The molecule has 0 radical (unpaired) electrons. The number of nitrogens with zero attached hydrogens (tertiary/aromatic N) is 3. The highest BCUT2D eigenvalue weighted by molar-refractivity contribution is 5.75. The lowest BCUT2D eigenvalue weighted by Crippen LogP contribution is -2.48. The molecule has 2 saturated heterocycles. The van der Waals surface area contributed by atoms with Gasteiger partial charge in [-0.05, 0) is 37.8 Å². The Kier molecular flexibility index (Phi) is 4.87. The number of hydrogen-bond acceptors (Lipinski definition) is 3. The number of carbonyl (C=O) groups excluding carboxylic acids is 1. The molecule has 5 nitrogen and oxygen atoms in total. The van der Waals surface area contributed by atoms with E-state index in [1.165, 1.54) is 6.20 Å². The van der Waals surface area contributed by atoms with Crippen molar-refractivity contribution < 1.29 is 22.4 Å². The number of alkyl halides is 4. The van der Waals surface area contributed by atoms with Crippen molar-refractivity contribution in [2.45, 2.75) is 50.6 Å². The number of carbonyl (C=O) groups is 1. The van der Waals surface area contributed by atoms with Crippen LogP contribution in [0.1, 0.15) is 31.9 Å². The molecule has 1 saturated carbocycles. The summed E-state index contributed by atoms with van der Waals surface area (Å²) in [4.78, 5) is 19.5. The molecule has 4 rings (SSSR count). The summed E-state index contributed by atoms with van der Waals surface area (Å²) in [6.07, 6.45) is -2.13. The first kappa shape index (κ1) is 19.3. The lowest BCUT2D eigenvalue weighted by Gasteiger charge is -2.27. The Morgan fingerprint density at radius 1 is 1.25 bits per heavy atom. The molecule has 0 spiro atoms. The number of rotatable bonds is 2. The molecule has 1 aliphatic carbocycles. The molecule has 28 heavy (non-hydrogen) atoms. The molecular formula is C19H24F4N4O. The molecule has 0 aromatic carbocycles. The number of fused-ring (bicyclic) bond motifs is 1. The van der Waals surface area contributed by atoms with Gasteiger partial charge in [0.05, 0.1) is 6.54 Å². The Hall–Kier alpha value is -2.06. The minimum atomic E-state index is -4.47. The van der Waals surface area contributed by atoms with Crippen molar-refractivity contribution in [3.63, 3.8) is 0 Å². The Balaban J connectivity index is 1.41. The molecule has 3 fully saturated rings. The van der Waals surface area contributed by atoms with Gasteiger partial charge in [0, 0.05) is 49.4 Å². The number of anilines is 1. The van der Waals surface area contributed by atoms with Crippen LogP contribution in [0, 0.1) is 11.8 Å². The molecular weight excluding hydrogens is 376 g/mol. The summed E-state index contributed by atoms with van der Waals surface area (Å²) in [6.45, 7) is 3.23. The molecule has 2 amide bonds. The SMILES string of the molecule is CC1C[C@@H](F)CN1C(=O)N[C@H]1CC[C@@H]2CN(c3ccnc(C(F)(F)F)c3)C[C@@H]21. The summed E-state index contributed by atoms with van der Waals surface area (Å²) in [6, 6.07) is 2.29. The second-order valence-corrected chi connectivity index (χ2v) is 8.19. The van der Waals surface area contributed by atoms with Crippen LogP contribution in [0.15, 0.2) is 18.3 Å². The van der Waals surface area contributed by atoms with Crippen LogP contribution in [0.2, 0.25) is 0 Å². The van der Waals surface area contributed by atoms with Gasteiger partial charge >= 0.3 is 12.2 Å². The van der Waals surface area contributed by atoms with E-state index >= 15 is 0 Å². The molecule has 1 unspecified atom stereocenters. The van der Waals surface area contributed by atoms with Crippen LogP contribution in [-0.4, -0.2) is 53.8 Å². The van der Waals surface area contributed by atoms with E-state index in [1.54, 1.807) is 11.0 Å². The molecule has 2 aliphatic heterocycles. The van der Waals surface area contributed by atoms with Crippen molar-refractivity contribution >= 4 is 11.7 Å². The zero-order valence-corrected chi connectivity index (χ0v) is 15.6. The van der Waals surface area contributed by atoms with Crippen LogP contribution < -0.4 is 10.2 Å². The predicted octanol–water partition coefficient (Wildman–Crippen LogP) is 3.46. The number of pyridine rings is 1. The summed E-state index contributed by atoms with van der Waals surface area (Å²) in [5.74, 6) is 0.517. The van der Waals surface area contributed by atoms with Gasteiger partial charge in [-0.15, -0.1) is 0 Å². The van der Waals surface area contributed by atoms with E-state index in [4.69, 9.17) is 0 Å². The molecule has 9 heteroatoms. The lowest BCUT2D eigenvalue weighted by atomic mass is 9.98.